The molecule has 0 atom stereocenters. The Morgan fingerprint density at radius 2 is 1.87 bits per heavy atom. The summed E-state index contributed by atoms with van der Waals surface area (Å²) in [4.78, 5) is 0. The van der Waals surface area contributed by atoms with Crippen LogP contribution in [0.3, 0.4) is 0 Å². The minimum Gasteiger partial charge on any atom is -0.396 e. The van der Waals surface area contributed by atoms with E-state index in [1.54, 1.807) is 0 Å². The van der Waals surface area contributed by atoms with E-state index >= 15 is 0 Å². The normalized spacial score (nSPS) is 25.4. The lowest BCUT2D eigenvalue weighted by Crippen LogP contribution is -2.39. The van der Waals surface area contributed by atoms with Gasteiger partial charge in [-0.15, -0.1) is 0 Å². The van der Waals surface area contributed by atoms with Crippen molar-refractivity contribution in [1.29, 1.82) is 0 Å². The van der Waals surface area contributed by atoms with E-state index in [9.17, 15) is 5.11 Å². The van der Waals surface area contributed by atoms with Gasteiger partial charge in [-0.25, -0.2) is 0 Å². The van der Waals surface area contributed by atoms with Gasteiger partial charge >= 0.3 is 0 Å². The van der Waals surface area contributed by atoms with Crippen LogP contribution in [0.15, 0.2) is 0 Å². The van der Waals surface area contributed by atoms with Crippen LogP contribution in [0.5, 0.6) is 0 Å². The van der Waals surface area contributed by atoms with Crippen LogP contribution in [-0.2, 0) is 0 Å². The van der Waals surface area contributed by atoms with Crippen molar-refractivity contribution in [2.75, 3.05) is 19.7 Å². The molecule has 0 bridgehead atoms. The van der Waals surface area contributed by atoms with Gasteiger partial charge in [0.2, 0.25) is 0 Å². The fourth-order valence-electron chi connectivity index (χ4n) is 2.76. The van der Waals surface area contributed by atoms with Crippen molar-refractivity contribution in [3.8, 4) is 0 Å². The van der Waals surface area contributed by atoms with Crippen LogP contribution in [-0.4, -0.2) is 24.8 Å². The van der Waals surface area contributed by atoms with Crippen LogP contribution in [0.1, 0.15) is 51.4 Å². The lowest BCUT2D eigenvalue weighted by atomic mass is 9.74. The third-order valence-corrected chi connectivity index (χ3v) is 4.18. The van der Waals surface area contributed by atoms with Crippen LogP contribution in [0.4, 0.5) is 0 Å². The van der Waals surface area contributed by atoms with Crippen LogP contribution in [0.2, 0.25) is 0 Å². The Kier molecular flexibility index (Phi) is 4.04. The lowest BCUT2D eigenvalue weighted by Gasteiger charge is -2.35. The molecular formula is C13H25NO. The maximum atomic E-state index is 9.52. The van der Waals surface area contributed by atoms with Gasteiger partial charge in [0.1, 0.15) is 0 Å². The van der Waals surface area contributed by atoms with E-state index in [0.29, 0.717) is 6.61 Å². The number of nitrogens with one attached hydrogen (secondary N) is 1. The Morgan fingerprint density at radius 1 is 1.13 bits per heavy atom. The predicted octanol–water partition coefficient (Wildman–Crippen LogP) is 2.32. The highest BCUT2D eigenvalue weighted by atomic mass is 16.3. The second kappa shape index (κ2) is 5.31. The van der Waals surface area contributed by atoms with E-state index in [1.165, 1.54) is 51.4 Å². The fraction of sp³-hybridized carbons (Fsp3) is 1.00. The zero-order chi connectivity index (χ0) is 10.6. The van der Waals surface area contributed by atoms with Gasteiger partial charge in [0.05, 0.1) is 0 Å². The summed E-state index contributed by atoms with van der Waals surface area (Å²) < 4.78 is 0. The number of hydrogen-bond donors (Lipinski definition) is 2. The van der Waals surface area contributed by atoms with Crippen LogP contribution in [0.25, 0.3) is 0 Å². The molecule has 0 radical (unpaired) electrons. The van der Waals surface area contributed by atoms with Gasteiger partial charge in [-0.2, -0.15) is 0 Å². The SMILES string of the molecule is OCC1(CNCCC2CC2)CCCCC1. The molecule has 0 aromatic heterocycles. The monoisotopic (exact) mass is 211 g/mol. The summed E-state index contributed by atoms with van der Waals surface area (Å²) in [6.45, 7) is 2.58. The van der Waals surface area contributed by atoms with Crippen molar-refractivity contribution in [3.05, 3.63) is 0 Å². The highest BCUT2D eigenvalue weighted by molar-refractivity contribution is 4.84. The molecule has 0 aromatic carbocycles. The molecule has 2 fully saturated rings. The van der Waals surface area contributed by atoms with Crippen molar-refractivity contribution in [2.24, 2.45) is 11.3 Å². The Hall–Kier alpha value is -0.0800. The number of aliphatic hydroxyl groups excluding tert-OH is 1. The molecule has 88 valence electrons. The first-order chi connectivity index (χ1) is 7.35. The second-order valence-electron chi connectivity index (χ2n) is 5.63. The van der Waals surface area contributed by atoms with Crippen LogP contribution in [0, 0.1) is 11.3 Å². The van der Waals surface area contributed by atoms with Crippen LogP contribution >= 0.6 is 0 Å². The molecule has 2 aliphatic carbocycles. The minimum absolute atomic E-state index is 0.224. The van der Waals surface area contributed by atoms with Crippen molar-refractivity contribution in [1.82, 2.24) is 5.32 Å². The summed E-state index contributed by atoms with van der Waals surface area (Å²) >= 11 is 0. The molecule has 2 N–H and O–H groups in total. The summed E-state index contributed by atoms with van der Waals surface area (Å²) in [5.74, 6) is 1.02. The van der Waals surface area contributed by atoms with E-state index in [0.717, 1.165) is 19.0 Å². The minimum atomic E-state index is 0.224. The Bertz CT molecular complexity index is 183. The van der Waals surface area contributed by atoms with Crippen molar-refractivity contribution in [3.63, 3.8) is 0 Å². The molecule has 2 aliphatic rings. The summed E-state index contributed by atoms with van der Waals surface area (Å²) in [7, 11) is 0. The molecule has 0 spiro atoms. The van der Waals surface area contributed by atoms with E-state index in [-0.39, 0.29) is 5.41 Å². The van der Waals surface area contributed by atoms with E-state index < -0.39 is 0 Å². The number of aliphatic hydroxyl groups is 1. The molecule has 2 heteroatoms. The van der Waals surface area contributed by atoms with Gasteiger partial charge < -0.3 is 10.4 Å². The van der Waals surface area contributed by atoms with Gasteiger partial charge in [-0.05, 0) is 31.7 Å². The molecule has 0 unspecified atom stereocenters. The van der Waals surface area contributed by atoms with E-state index in [2.05, 4.69) is 5.32 Å². The average molecular weight is 211 g/mol. The standard InChI is InChI=1S/C13H25NO/c15-11-13(7-2-1-3-8-13)10-14-9-6-12-4-5-12/h12,14-15H,1-11H2. The highest BCUT2D eigenvalue weighted by Gasteiger charge is 2.31. The Morgan fingerprint density at radius 3 is 2.47 bits per heavy atom. The molecule has 2 nitrogen and oxygen atoms in total. The predicted molar refractivity (Wildman–Crippen MR) is 62.8 cm³/mol. The second-order valence-corrected chi connectivity index (χ2v) is 5.63. The smallest absolute Gasteiger partial charge is 0.0499 e. The fourth-order valence-corrected chi connectivity index (χ4v) is 2.76. The largest absolute Gasteiger partial charge is 0.396 e. The van der Waals surface area contributed by atoms with Gasteiger partial charge in [-0.1, -0.05) is 32.1 Å². The first-order valence-corrected chi connectivity index (χ1v) is 6.66. The molecule has 0 saturated heterocycles. The molecule has 0 aliphatic heterocycles. The first-order valence-electron chi connectivity index (χ1n) is 6.66. The van der Waals surface area contributed by atoms with Gasteiger partial charge in [0.15, 0.2) is 0 Å². The van der Waals surface area contributed by atoms with Crippen molar-refractivity contribution < 1.29 is 5.11 Å². The lowest BCUT2D eigenvalue weighted by molar-refractivity contribution is 0.0814. The third-order valence-electron chi connectivity index (χ3n) is 4.18. The molecule has 0 heterocycles. The van der Waals surface area contributed by atoms with Gasteiger partial charge in [0.25, 0.3) is 0 Å². The quantitative estimate of drug-likeness (QED) is 0.661. The molecule has 2 rings (SSSR count). The molecule has 0 amide bonds. The summed E-state index contributed by atoms with van der Waals surface area (Å²) in [5, 5.41) is 13.1. The molecule has 15 heavy (non-hydrogen) atoms. The molecular weight excluding hydrogens is 186 g/mol. The third kappa shape index (κ3) is 3.46. The summed E-state index contributed by atoms with van der Waals surface area (Å²) in [5.41, 5.74) is 0.224. The van der Waals surface area contributed by atoms with Crippen LogP contribution < -0.4 is 5.32 Å². The molecule has 0 aromatic rings. The topological polar surface area (TPSA) is 32.3 Å². The van der Waals surface area contributed by atoms with Gasteiger partial charge in [0, 0.05) is 18.6 Å². The van der Waals surface area contributed by atoms with Gasteiger partial charge in [-0.3, -0.25) is 0 Å². The average Bonchev–Trinajstić information content (AvgIpc) is 3.10. The van der Waals surface area contributed by atoms with Crippen molar-refractivity contribution in [2.45, 2.75) is 51.4 Å². The van der Waals surface area contributed by atoms with E-state index in [4.69, 9.17) is 0 Å². The first kappa shape index (κ1) is 11.4. The highest BCUT2D eigenvalue weighted by Crippen LogP contribution is 2.35. The number of rotatable bonds is 6. The maximum absolute atomic E-state index is 9.52. The Balaban J connectivity index is 1.64. The van der Waals surface area contributed by atoms with E-state index in [1.807, 2.05) is 0 Å². The zero-order valence-corrected chi connectivity index (χ0v) is 9.80. The summed E-state index contributed by atoms with van der Waals surface area (Å²) in [6, 6.07) is 0. The number of hydrogen-bond acceptors (Lipinski definition) is 2. The zero-order valence-electron chi connectivity index (χ0n) is 9.80. The summed E-state index contributed by atoms with van der Waals surface area (Å²) in [6.07, 6.45) is 10.7. The molecule has 2 saturated carbocycles. The maximum Gasteiger partial charge on any atom is 0.0499 e. The van der Waals surface area contributed by atoms with Crippen molar-refractivity contribution >= 4 is 0 Å². The Labute approximate surface area is 93.5 Å².